The van der Waals surface area contributed by atoms with E-state index < -0.39 is 0 Å². The minimum Gasteiger partial charge on any atom is -0.313 e. The lowest BCUT2D eigenvalue weighted by Gasteiger charge is -2.14. The molecule has 1 heterocycles. The van der Waals surface area contributed by atoms with Gasteiger partial charge in [-0.15, -0.1) is 0 Å². The van der Waals surface area contributed by atoms with Crippen molar-refractivity contribution in [3.05, 3.63) is 46.8 Å². The molecule has 1 aromatic carbocycles. The maximum absolute atomic E-state index is 4.50. The van der Waals surface area contributed by atoms with Crippen LogP contribution in [0.15, 0.2) is 30.1 Å². The molecular formula is C22H28N2. The van der Waals surface area contributed by atoms with Crippen molar-refractivity contribution in [2.75, 3.05) is 13.1 Å². The standard InChI is InChI=1S/C22H28N2/c1-4-7-23-12-20-14(2)5-6-19(20)16-9-17-8-15(3)21-13-24-11-18(10-16)22(17)21/h9-11,13-15,23H,4-8,12H2,1-3H3/t14-,15?/m1/s1. The molecule has 24 heavy (non-hydrogen) atoms. The highest BCUT2D eigenvalue weighted by atomic mass is 14.8. The number of hydrogen-bond donors (Lipinski definition) is 1. The van der Waals surface area contributed by atoms with Crippen LogP contribution in [0.2, 0.25) is 0 Å². The molecule has 0 bridgehead atoms. The summed E-state index contributed by atoms with van der Waals surface area (Å²) in [6, 6.07) is 4.86. The average Bonchev–Trinajstić information content (AvgIpc) is 3.10. The number of hydrogen-bond acceptors (Lipinski definition) is 2. The van der Waals surface area contributed by atoms with Crippen molar-refractivity contribution >= 4 is 16.3 Å². The van der Waals surface area contributed by atoms with Crippen molar-refractivity contribution in [1.29, 1.82) is 0 Å². The molecule has 0 radical (unpaired) electrons. The topological polar surface area (TPSA) is 24.9 Å². The molecule has 0 spiro atoms. The van der Waals surface area contributed by atoms with Gasteiger partial charge < -0.3 is 5.32 Å². The predicted molar refractivity (Wildman–Crippen MR) is 102 cm³/mol. The van der Waals surface area contributed by atoms with Gasteiger partial charge in [-0.05, 0) is 83.4 Å². The second kappa shape index (κ2) is 6.33. The Morgan fingerprint density at radius 3 is 2.88 bits per heavy atom. The Morgan fingerprint density at radius 1 is 1.17 bits per heavy atom. The molecule has 0 saturated carbocycles. The molecule has 0 amide bonds. The summed E-state index contributed by atoms with van der Waals surface area (Å²) in [5, 5.41) is 6.42. The molecule has 1 N–H and O–H groups in total. The summed E-state index contributed by atoms with van der Waals surface area (Å²) in [6.07, 6.45) is 9.00. The van der Waals surface area contributed by atoms with Crippen LogP contribution < -0.4 is 5.32 Å². The fraction of sp³-hybridized carbons (Fsp3) is 0.500. The Labute approximate surface area is 145 Å². The number of nitrogens with zero attached hydrogens (tertiary/aromatic N) is 1. The third-order valence-electron chi connectivity index (χ3n) is 5.92. The lowest BCUT2D eigenvalue weighted by Crippen LogP contribution is -2.20. The van der Waals surface area contributed by atoms with Gasteiger partial charge in [0.05, 0.1) is 0 Å². The summed E-state index contributed by atoms with van der Waals surface area (Å²) in [7, 11) is 0. The lowest BCUT2D eigenvalue weighted by molar-refractivity contribution is 0.619. The van der Waals surface area contributed by atoms with Crippen molar-refractivity contribution < 1.29 is 0 Å². The number of benzene rings is 1. The summed E-state index contributed by atoms with van der Waals surface area (Å²) in [5.74, 6) is 1.31. The van der Waals surface area contributed by atoms with E-state index in [-0.39, 0.29) is 0 Å². The number of pyridine rings is 1. The first kappa shape index (κ1) is 15.8. The third kappa shape index (κ3) is 2.57. The molecule has 126 valence electrons. The minimum atomic E-state index is 0.605. The first-order valence-corrected chi connectivity index (χ1v) is 9.52. The molecule has 2 nitrogen and oxygen atoms in total. The highest BCUT2D eigenvalue weighted by molar-refractivity contribution is 5.93. The van der Waals surface area contributed by atoms with Crippen molar-refractivity contribution in [3.63, 3.8) is 0 Å². The van der Waals surface area contributed by atoms with Crippen molar-refractivity contribution in [2.24, 2.45) is 5.92 Å². The van der Waals surface area contributed by atoms with Crippen molar-refractivity contribution in [3.8, 4) is 0 Å². The van der Waals surface area contributed by atoms with Crippen LogP contribution in [0.25, 0.3) is 16.3 Å². The van der Waals surface area contributed by atoms with Crippen LogP contribution in [-0.4, -0.2) is 18.1 Å². The van der Waals surface area contributed by atoms with Gasteiger partial charge in [0.15, 0.2) is 0 Å². The Morgan fingerprint density at radius 2 is 2.04 bits per heavy atom. The van der Waals surface area contributed by atoms with E-state index in [2.05, 4.69) is 55.6 Å². The van der Waals surface area contributed by atoms with E-state index in [1.54, 1.807) is 11.1 Å². The van der Waals surface area contributed by atoms with Crippen LogP contribution in [0.1, 0.15) is 62.6 Å². The fourth-order valence-electron chi connectivity index (χ4n) is 4.60. The average molecular weight is 320 g/mol. The van der Waals surface area contributed by atoms with Gasteiger partial charge in [0.2, 0.25) is 0 Å². The summed E-state index contributed by atoms with van der Waals surface area (Å²) >= 11 is 0. The van der Waals surface area contributed by atoms with E-state index in [1.807, 2.05) is 0 Å². The maximum atomic E-state index is 4.50. The van der Waals surface area contributed by atoms with E-state index in [9.17, 15) is 0 Å². The molecule has 0 aliphatic heterocycles. The number of aromatic nitrogens is 1. The normalized spacial score (nSPS) is 22.8. The van der Waals surface area contributed by atoms with Gasteiger partial charge in [-0.2, -0.15) is 0 Å². The zero-order valence-corrected chi connectivity index (χ0v) is 15.2. The quantitative estimate of drug-likeness (QED) is 0.777. The van der Waals surface area contributed by atoms with Crippen LogP contribution in [-0.2, 0) is 6.42 Å². The van der Waals surface area contributed by atoms with Crippen LogP contribution in [0, 0.1) is 5.92 Å². The molecule has 2 heteroatoms. The Hall–Kier alpha value is -1.67. The van der Waals surface area contributed by atoms with Gasteiger partial charge >= 0.3 is 0 Å². The van der Waals surface area contributed by atoms with E-state index in [0.717, 1.165) is 19.5 Å². The van der Waals surface area contributed by atoms with Gasteiger partial charge in [0, 0.05) is 24.3 Å². The van der Waals surface area contributed by atoms with E-state index in [1.165, 1.54) is 46.7 Å². The molecule has 1 aromatic heterocycles. The summed E-state index contributed by atoms with van der Waals surface area (Å²) in [5.41, 5.74) is 7.63. The fourth-order valence-corrected chi connectivity index (χ4v) is 4.60. The molecule has 2 aliphatic carbocycles. The molecule has 2 aliphatic rings. The smallest absolute Gasteiger partial charge is 0.0346 e. The summed E-state index contributed by atoms with van der Waals surface area (Å²) < 4.78 is 0. The zero-order valence-electron chi connectivity index (χ0n) is 15.2. The maximum Gasteiger partial charge on any atom is 0.0346 e. The molecule has 2 atom stereocenters. The second-order valence-corrected chi connectivity index (χ2v) is 7.69. The highest BCUT2D eigenvalue weighted by Gasteiger charge is 2.26. The van der Waals surface area contributed by atoms with E-state index in [0.29, 0.717) is 11.8 Å². The Balaban J connectivity index is 1.77. The number of nitrogens with one attached hydrogen (secondary N) is 1. The first-order valence-electron chi connectivity index (χ1n) is 9.52. The minimum absolute atomic E-state index is 0.605. The number of allylic oxidation sites excluding steroid dienone is 1. The van der Waals surface area contributed by atoms with Gasteiger partial charge in [0.25, 0.3) is 0 Å². The van der Waals surface area contributed by atoms with Crippen molar-refractivity contribution in [1.82, 2.24) is 10.3 Å². The SMILES string of the molecule is CCCNCC1=C(c2cc3c4c(cncc4c2)C(C)C3)CC[C@H]1C. The van der Waals surface area contributed by atoms with Gasteiger partial charge in [-0.25, -0.2) is 0 Å². The lowest BCUT2D eigenvalue weighted by atomic mass is 9.95. The van der Waals surface area contributed by atoms with Gasteiger partial charge in [-0.1, -0.05) is 26.8 Å². The van der Waals surface area contributed by atoms with Gasteiger partial charge in [0.1, 0.15) is 0 Å². The highest BCUT2D eigenvalue weighted by Crippen LogP contribution is 2.43. The summed E-state index contributed by atoms with van der Waals surface area (Å²) in [6.45, 7) is 9.10. The van der Waals surface area contributed by atoms with E-state index >= 15 is 0 Å². The van der Waals surface area contributed by atoms with Crippen molar-refractivity contribution in [2.45, 2.75) is 52.4 Å². The van der Waals surface area contributed by atoms with Crippen LogP contribution in [0.3, 0.4) is 0 Å². The second-order valence-electron chi connectivity index (χ2n) is 7.69. The third-order valence-corrected chi connectivity index (χ3v) is 5.92. The monoisotopic (exact) mass is 320 g/mol. The van der Waals surface area contributed by atoms with Gasteiger partial charge in [-0.3, -0.25) is 4.98 Å². The van der Waals surface area contributed by atoms with Crippen LogP contribution in [0.5, 0.6) is 0 Å². The zero-order chi connectivity index (χ0) is 16.7. The molecule has 0 saturated heterocycles. The molecule has 1 unspecified atom stereocenters. The van der Waals surface area contributed by atoms with E-state index in [4.69, 9.17) is 0 Å². The first-order chi connectivity index (χ1) is 11.7. The molecule has 2 aromatic rings. The van der Waals surface area contributed by atoms with Crippen LogP contribution >= 0.6 is 0 Å². The Bertz CT molecular complexity index is 803. The molecule has 4 rings (SSSR count). The van der Waals surface area contributed by atoms with Crippen LogP contribution in [0.4, 0.5) is 0 Å². The number of rotatable bonds is 5. The largest absolute Gasteiger partial charge is 0.313 e. The molecular weight excluding hydrogens is 292 g/mol. The Kier molecular flexibility index (Phi) is 4.17. The molecule has 0 fully saturated rings. The predicted octanol–water partition coefficient (Wildman–Crippen LogP) is 5.08. The summed E-state index contributed by atoms with van der Waals surface area (Å²) in [4.78, 5) is 4.50.